The predicted molar refractivity (Wildman–Crippen MR) is 141 cm³/mol. The highest BCUT2D eigenvalue weighted by Gasteiger charge is 2.51. The van der Waals surface area contributed by atoms with Gasteiger partial charge in [-0.15, -0.1) is 0 Å². The Morgan fingerprint density at radius 1 is 0.684 bits per heavy atom. The van der Waals surface area contributed by atoms with E-state index in [1.54, 1.807) is 0 Å². The highest BCUT2D eigenvalue weighted by Crippen LogP contribution is 2.28. The average Bonchev–Trinajstić information content (AvgIpc) is 2.83. The van der Waals surface area contributed by atoms with E-state index in [2.05, 4.69) is 12.2 Å². The molecule has 0 aromatic heterocycles. The Bertz CT molecular complexity index is 714. The van der Waals surface area contributed by atoms with Crippen molar-refractivity contribution >= 4 is 23.8 Å². The summed E-state index contributed by atoms with van der Waals surface area (Å²) in [4.78, 5) is 47.1. The van der Waals surface area contributed by atoms with Gasteiger partial charge in [-0.05, 0) is 6.42 Å². The molecule has 0 aliphatic carbocycles. The van der Waals surface area contributed by atoms with E-state index < -0.39 is 54.5 Å². The van der Waals surface area contributed by atoms with Gasteiger partial charge in [-0.25, -0.2) is 0 Å². The third kappa shape index (κ3) is 14.7. The van der Waals surface area contributed by atoms with E-state index in [0.29, 0.717) is 6.61 Å². The third-order valence-electron chi connectivity index (χ3n) is 6.35. The molecule has 10 nitrogen and oxygen atoms in total. The quantitative estimate of drug-likeness (QED) is 0.144. The number of nitrogens with one attached hydrogen (secondary N) is 1. The molecule has 0 aromatic rings. The zero-order valence-electron chi connectivity index (χ0n) is 24.0. The van der Waals surface area contributed by atoms with Crippen LogP contribution in [0.5, 0.6) is 0 Å². The highest BCUT2D eigenvalue weighted by atomic mass is 16.7. The minimum Gasteiger partial charge on any atom is -0.463 e. The lowest BCUT2D eigenvalue weighted by Gasteiger charge is -2.44. The molecule has 0 bridgehead atoms. The SMILES string of the molecule is CCCCCCCCCCCCCCO[C@H]1O[C@@H](COC(C)=O)[C@H](OC(C)=O)[C@@H](OC(C)=O)[C@@H]1NC(C)=O. The lowest BCUT2D eigenvalue weighted by Crippen LogP contribution is -2.66. The van der Waals surface area contributed by atoms with Gasteiger partial charge in [-0.1, -0.05) is 77.6 Å². The molecule has 0 unspecified atom stereocenters. The second kappa shape index (κ2) is 19.8. The van der Waals surface area contributed by atoms with Crippen molar-refractivity contribution in [3.8, 4) is 0 Å². The van der Waals surface area contributed by atoms with Crippen molar-refractivity contribution in [2.24, 2.45) is 0 Å². The maximum Gasteiger partial charge on any atom is 0.303 e. The van der Waals surface area contributed by atoms with E-state index >= 15 is 0 Å². The first-order chi connectivity index (χ1) is 18.1. The maximum absolute atomic E-state index is 12.0. The number of carbonyl (C=O) groups excluding carboxylic acids is 4. The van der Waals surface area contributed by atoms with E-state index in [-0.39, 0.29) is 6.61 Å². The van der Waals surface area contributed by atoms with Crippen LogP contribution in [0.3, 0.4) is 0 Å². The largest absolute Gasteiger partial charge is 0.463 e. The van der Waals surface area contributed by atoms with Crippen LogP contribution < -0.4 is 5.32 Å². The van der Waals surface area contributed by atoms with E-state index in [4.69, 9.17) is 23.7 Å². The van der Waals surface area contributed by atoms with Crippen LogP contribution in [0.1, 0.15) is 112 Å². The van der Waals surface area contributed by atoms with Crippen LogP contribution in [0.4, 0.5) is 0 Å². The fourth-order valence-corrected chi connectivity index (χ4v) is 4.58. The molecule has 1 heterocycles. The van der Waals surface area contributed by atoms with Crippen molar-refractivity contribution in [2.45, 2.75) is 142 Å². The second-order valence-corrected chi connectivity index (χ2v) is 9.98. The summed E-state index contributed by atoms with van der Waals surface area (Å²) in [6.45, 7) is 7.34. The molecule has 1 N–H and O–H groups in total. The van der Waals surface area contributed by atoms with Crippen molar-refractivity contribution in [3.05, 3.63) is 0 Å². The molecule has 1 saturated heterocycles. The van der Waals surface area contributed by atoms with Crippen molar-refractivity contribution < 1.29 is 42.9 Å². The number of hydrogen-bond donors (Lipinski definition) is 1. The van der Waals surface area contributed by atoms with Crippen molar-refractivity contribution in [1.29, 1.82) is 0 Å². The molecule has 0 radical (unpaired) electrons. The van der Waals surface area contributed by atoms with Crippen LogP contribution in [0.25, 0.3) is 0 Å². The van der Waals surface area contributed by atoms with Crippen LogP contribution in [-0.4, -0.2) is 67.7 Å². The van der Waals surface area contributed by atoms with Gasteiger partial charge in [-0.2, -0.15) is 0 Å². The zero-order chi connectivity index (χ0) is 28.3. The molecule has 1 aliphatic rings. The first-order valence-corrected chi connectivity index (χ1v) is 14.2. The average molecular weight is 544 g/mol. The van der Waals surface area contributed by atoms with Crippen LogP contribution in [0, 0.1) is 0 Å². The van der Waals surface area contributed by atoms with Crippen LogP contribution in [0.2, 0.25) is 0 Å². The summed E-state index contributed by atoms with van der Waals surface area (Å²) in [5, 5.41) is 2.71. The van der Waals surface area contributed by atoms with Crippen molar-refractivity contribution in [2.75, 3.05) is 13.2 Å². The maximum atomic E-state index is 12.0. The number of carbonyl (C=O) groups is 4. The number of unbranched alkanes of at least 4 members (excludes halogenated alkanes) is 11. The third-order valence-corrected chi connectivity index (χ3v) is 6.35. The Kier molecular flexibility index (Phi) is 17.6. The monoisotopic (exact) mass is 543 g/mol. The summed E-state index contributed by atoms with van der Waals surface area (Å²) in [6, 6.07) is -0.924. The molecule has 10 heteroatoms. The van der Waals surface area contributed by atoms with Gasteiger partial charge in [0.15, 0.2) is 18.5 Å². The Labute approximate surface area is 227 Å². The topological polar surface area (TPSA) is 126 Å². The molecule has 38 heavy (non-hydrogen) atoms. The van der Waals surface area contributed by atoms with Crippen LogP contribution in [0.15, 0.2) is 0 Å². The molecule has 1 amide bonds. The fraction of sp³-hybridized carbons (Fsp3) is 0.857. The van der Waals surface area contributed by atoms with Crippen molar-refractivity contribution in [1.82, 2.24) is 5.32 Å². The summed E-state index contributed by atoms with van der Waals surface area (Å²) in [7, 11) is 0. The van der Waals surface area contributed by atoms with E-state index in [1.165, 1.54) is 85.5 Å². The van der Waals surface area contributed by atoms with E-state index in [0.717, 1.165) is 19.3 Å². The van der Waals surface area contributed by atoms with E-state index in [1.807, 2.05) is 0 Å². The molecule has 0 aromatic carbocycles. The standard InChI is InChI=1S/C28H49NO9/c1-6-7-8-9-10-11-12-13-14-15-16-17-18-34-28-25(29-20(2)30)27(37-23(5)33)26(36-22(4)32)24(38-28)19-35-21(3)31/h24-28H,6-19H2,1-5H3,(H,29,30)/t24-,25-,26-,27-,28-/m0/s1. The van der Waals surface area contributed by atoms with Gasteiger partial charge >= 0.3 is 17.9 Å². The highest BCUT2D eigenvalue weighted by molar-refractivity contribution is 5.73. The van der Waals surface area contributed by atoms with Gasteiger partial charge in [0, 0.05) is 34.3 Å². The molecule has 5 atom stereocenters. The Morgan fingerprint density at radius 3 is 1.66 bits per heavy atom. The number of amides is 1. The van der Waals surface area contributed by atoms with Gasteiger partial charge in [0.05, 0.1) is 0 Å². The zero-order valence-corrected chi connectivity index (χ0v) is 24.0. The minimum atomic E-state index is -1.11. The minimum absolute atomic E-state index is 0.240. The van der Waals surface area contributed by atoms with Crippen LogP contribution >= 0.6 is 0 Å². The Balaban J connectivity index is 2.65. The van der Waals surface area contributed by atoms with Gasteiger partial charge in [-0.3, -0.25) is 19.2 Å². The number of ether oxygens (including phenoxy) is 5. The molecule has 1 fully saturated rings. The first-order valence-electron chi connectivity index (χ1n) is 14.2. The smallest absolute Gasteiger partial charge is 0.303 e. The molecule has 1 rings (SSSR count). The number of hydrogen-bond acceptors (Lipinski definition) is 9. The fourth-order valence-electron chi connectivity index (χ4n) is 4.58. The summed E-state index contributed by atoms with van der Waals surface area (Å²) < 4.78 is 27.9. The molecule has 220 valence electrons. The Hall–Kier alpha value is -2.20. The molecular weight excluding hydrogens is 494 g/mol. The lowest BCUT2D eigenvalue weighted by atomic mass is 9.96. The summed E-state index contributed by atoms with van der Waals surface area (Å²) in [5.41, 5.74) is 0. The lowest BCUT2D eigenvalue weighted by molar-refractivity contribution is -0.277. The predicted octanol–water partition coefficient (Wildman–Crippen LogP) is 4.36. The molecule has 1 aliphatic heterocycles. The molecule has 0 saturated carbocycles. The van der Waals surface area contributed by atoms with Crippen LogP contribution in [-0.2, 0) is 42.9 Å². The summed E-state index contributed by atoms with van der Waals surface area (Å²) in [6.07, 6.45) is 10.4. The summed E-state index contributed by atoms with van der Waals surface area (Å²) in [5.74, 6) is -2.21. The molecule has 0 spiro atoms. The normalized spacial score (nSPS) is 22.9. The number of rotatable bonds is 19. The van der Waals surface area contributed by atoms with Gasteiger partial charge in [0.25, 0.3) is 0 Å². The van der Waals surface area contributed by atoms with Gasteiger partial charge in [0.1, 0.15) is 18.8 Å². The molecular formula is C28H49NO9. The van der Waals surface area contributed by atoms with Gasteiger partial charge in [0.2, 0.25) is 5.91 Å². The first kappa shape index (κ1) is 33.8. The van der Waals surface area contributed by atoms with E-state index in [9.17, 15) is 19.2 Å². The second-order valence-electron chi connectivity index (χ2n) is 9.98. The van der Waals surface area contributed by atoms with Crippen molar-refractivity contribution in [3.63, 3.8) is 0 Å². The number of esters is 3. The summed E-state index contributed by atoms with van der Waals surface area (Å²) >= 11 is 0. The van der Waals surface area contributed by atoms with Gasteiger partial charge < -0.3 is 29.0 Å². The Morgan fingerprint density at radius 2 is 1.18 bits per heavy atom.